The Morgan fingerprint density at radius 1 is 1.33 bits per heavy atom. The Labute approximate surface area is 124 Å². The zero-order valence-electron chi connectivity index (χ0n) is 10.6. The molecule has 0 aliphatic rings. The van der Waals surface area contributed by atoms with Crippen LogP contribution in [-0.4, -0.2) is 4.92 Å². The summed E-state index contributed by atoms with van der Waals surface area (Å²) in [7, 11) is 0. The fourth-order valence-corrected chi connectivity index (χ4v) is 1.86. The molecule has 0 heterocycles. The van der Waals surface area contributed by atoms with Gasteiger partial charge in [-0.1, -0.05) is 17.7 Å². The summed E-state index contributed by atoms with van der Waals surface area (Å²) in [5, 5.41) is 22.6. The van der Waals surface area contributed by atoms with Crippen molar-refractivity contribution in [1.29, 1.82) is 5.26 Å². The van der Waals surface area contributed by atoms with Crippen molar-refractivity contribution < 1.29 is 9.31 Å². The molecule has 1 N–H and O–H groups in total. The Kier molecular flexibility index (Phi) is 4.36. The summed E-state index contributed by atoms with van der Waals surface area (Å²) in [4.78, 5) is 10.1. The summed E-state index contributed by atoms with van der Waals surface area (Å²) in [5.41, 5.74) is 1.07. The van der Waals surface area contributed by atoms with E-state index in [0.29, 0.717) is 11.3 Å². The molecule has 2 aromatic carbocycles. The Morgan fingerprint density at radius 2 is 2.10 bits per heavy atom. The van der Waals surface area contributed by atoms with Gasteiger partial charge in [-0.3, -0.25) is 10.1 Å². The van der Waals surface area contributed by atoms with Gasteiger partial charge in [0.1, 0.15) is 11.9 Å². The predicted octanol–water partition coefficient (Wildman–Crippen LogP) is 3.87. The number of anilines is 1. The van der Waals surface area contributed by atoms with Gasteiger partial charge in [0.15, 0.2) is 0 Å². The quantitative estimate of drug-likeness (QED) is 0.687. The summed E-state index contributed by atoms with van der Waals surface area (Å²) in [6, 6.07) is 10.2. The molecule has 0 saturated carbocycles. The van der Waals surface area contributed by atoms with Crippen LogP contribution in [0.15, 0.2) is 36.4 Å². The van der Waals surface area contributed by atoms with Gasteiger partial charge < -0.3 is 5.32 Å². The van der Waals surface area contributed by atoms with Crippen molar-refractivity contribution in [3.8, 4) is 6.07 Å². The van der Waals surface area contributed by atoms with Crippen LogP contribution < -0.4 is 5.32 Å². The van der Waals surface area contributed by atoms with E-state index in [0.717, 1.165) is 0 Å². The maximum Gasteiger partial charge on any atom is 0.270 e. The van der Waals surface area contributed by atoms with Gasteiger partial charge in [-0.15, -0.1) is 0 Å². The normalized spacial score (nSPS) is 9.95. The first-order valence-electron chi connectivity index (χ1n) is 5.87. The number of non-ortho nitro benzene ring substituents is 1. The minimum Gasteiger partial charge on any atom is -0.380 e. The van der Waals surface area contributed by atoms with E-state index in [-0.39, 0.29) is 22.8 Å². The molecule has 21 heavy (non-hydrogen) atoms. The molecule has 0 radical (unpaired) electrons. The van der Waals surface area contributed by atoms with E-state index < -0.39 is 10.7 Å². The van der Waals surface area contributed by atoms with Gasteiger partial charge >= 0.3 is 0 Å². The molecule has 0 saturated heterocycles. The van der Waals surface area contributed by atoms with Crippen LogP contribution in [0.5, 0.6) is 0 Å². The third-order valence-electron chi connectivity index (χ3n) is 2.80. The molecule has 0 aliphatic carbocycles. The maximum atomic E-state index is 13.3. The number of benzene rings is 2. The number of nitriles is 1. The number of rotatable bonds is 4. The van der Waals surface area contributed by atoms with Crippen molar-refractivity contribution in [2.24, 2.45) is 0 Å². The molecular formula is C14H9ClFN3O2. The third kappa shape index (κ3) is 3.46. The number of nitro groups is 1. The van der Waals surface area contributed by atoms with Crippen molar-refractivity contribution in [2.45, 2.75) is 6.54 Å². The fraction of sp³-hybridized carbons (Fsp3) is 0.0714. The Balaban J connectivity index is 2.18. The molecule has 0 aromatic heterocycles. The van der Waals surface area contributed by atoms with Gasteiger partial charge in [-0.25, -0.2) is 4.39 Å². The van der Waals surface area contributed by atoms with Crippen LogP contribution >= 0.6 is 11.6 Å². The lowest BCUT2D eigenvalue weighted by molar-refractivity contribution is -0.384. The molecule has 0 atom stereocenters. The van der Waals surface area contributed by atoms with E-state index >= 15 is 0 Å². The zero-order valence-corrected chi connectivity index (χ0v) is 11.4. The number of nitrogens with one attached hydrogen (secondary N) is 1. The lowest BCUT2D eigenvalue weighted by Crippen LogP contribution is -2.02. The fourth-order valence-electron chi connectivity index (χ4n) is 1.74. The topological polar surface area (TPSA) is 79.0 Å². The first kappa shape index (κ1) is 14.8. The molecule has 0 amide bonds. The highest BCUT2D eigenvalue weighted by molar-refractivity contribution is 6.30. The van der Waals surface area contributed by atoms with E-state index in [1.165, 1.54) is 30.3 Å². The molecule has 106 valence electrons. The highest BCUT2D eigenvalue weighted by Crippen LogP contribution is 2.22. The van der Waals surface area contributed by atoms with Crippen molar-refractivity contribution in [3.63, 3.8) is 0 Å². The van der Waals surface area contributed by atoms with Crippen LogP contribution in [0.25, 0.3) is 0 Å². The van der Waals surface area contributed by atoms with Gasteiger partial charge in [0.2, 0.25) is 0 Å². The number of nitro benzene ring substituents is 1. The smallest absolute Gasteiger partial charge is 0.270 e. The highest BCUT2D eigenvalue weighted by Gasteiger charge is 2.10. The predicted molar refractivity (Wildman–Crippen MR) is 76.5 cm³/mol. The van der Waals surface area contributed by atoms with E-state index in [2.05, 4.69) is 5.32 Å². The summed E-state index contributed by atoms with van der Waals surface area (Å²) in [6.45, 7) is 0.264. The number of hydrogen-bond acceptors (Lipinski definition) is 4. The molecule has 0 bridgehead atoms. The Hall–Kier alpha value is -2.65. The molecule has 7 heteroatoms. The van der Waals surface area contributed by atoms with Gasteiger partial charge in [-0.2, -0.15) is 5.26 Å². The van der Waals surface area contributed by atoms with Crippen molar-refractivity contribution in [1.82, 2.24) is 0 Å². The summed E-state index contributed by atoms with van der Waals surface area (Å²) < 4.78 is 13.3. The first-order chi connectivity index (χ1) is 10.0. The average Bonchev–Trinajstić information content (AvgIpc) is 2.48. The lowest BCUT2D eigenvalue weighted by Gasteiger charge is -2.08. The second kappa shape index (κ2) is 6.20. The average molecular weight is 306 g/mol. The van der Waals surface area contributed by atoms with E-state index in [4.69, 9.17) is 16.9 Å². The molecule has 0 fully saturated rings. The lowest BCUT2D eigenvalue weighted by atomic mass is 10.1. The second-order valence-corrected chi connectivity index (χ2v) is 4.61. The SMILES string of the molecule is N#Cc1cc([N+](=O)[O-])ccc1NCc1ccc(Cl)c(F)c1. The van der Waals surface area contributed by atoms with Crippen LogP contribution in [0.3, 0.4) is 0 Å². The number of hydrogen-bond donors (Lipinski definition) is 1. The minimum atomic E-state index is -0.570. The summed E-state index contributed by atoms with van der Waals surface area (Å²) >= 11 is 5.59. The van der Waals surface area contributed by atoms with Crippen LogP contribution in [0.2, 0.25) is 5.02 Å². The van der Waals surface area contributed by atoms with Gasteiger partial charge in [0.05, 0.1) is 21.2 Å². The molecule has 0 aliphatic heterocycles. The standard InChI is InChI=1S/C14H9ClFN3O2/c15-12-3-1-9(5-13(12)16)8-18-14-4-2-11(19(20)21)6-10(14)7-17/h1-6,18H,8H2. The van der Waals surface area contributed by atoms with Crippen molar-refractivity contribution in [3.05, 3.63) is 68.5 Å². The molecule has 0 unspecified atom stereocenters. The maximum absolute atomic E-state index is 13.3. The van der Waals surface area contributed by atoms with Crippen LogP contribution in [0.1, 0.15) is 11.1 Å². The third-order valence-corrected chi connectivity index (χ3v) is 3.11. The van der Waals surface area contributed by atoms with Crippen LogP contribution in [0.4, 0.5) is 15.8 Å². The molecule has 2 rings (SSSR count). The van der Waals surface area contributed by atoms with Crippen molar-refractivity contribution in [2.75, 3.05) is 5.32 Å². The molecule has 0 spiro atoms. The number of halogens is 2. The number of nitrogens with zero attached hydrogens (tertiary/aromatic N) is 2. The summed E-state index contributed by atoms with van der Waals surface area (Å²) in [5.74, 6) is -0.528. The largest absolute Gasteiger partial charge is 0.380 e. The van der Waals surface area contributed by atoms with E-state index in [1.54, 1.807) is 6.07 Å². The molecule has 2 aromatic rings. The van der Waals surface area contributed by atoms with Crippen LogP contribution in [0, 0.1) is 27.3 Å². The highest BCUT2D eigenvalue weighted by atomic mass is 35.5. The Morgan fingerprint density at radius 3 is 2.71 bits per heavy atom. The van der Waals surface area contributed by atoms with E-state index in [1.807, 2.05) is 6.07 Å². The van der Waals surface area contributed by atoms with Gasteiger partial charge in [-0.05, 0) is 23.8 Å². The van der Waals surface area contributed by atoms with Crippen molar-refractivity contribution >= 4 is 23.0 Å². The first-order valence-corrected chi connectivity index (χ1v) is 6.25. The Bertz CT molecular complexity index is 743. The minimum absolute atomic E-state index is 0.0341. The zero-order chi connectivity index (χ0) is 15.4. The van der Waals surface area contributed by atoms with Crippen LogP contribution in [-0.2, 0) is 6.54 Å². The monoisotopic (exact) mass is 305 g/mol. The summed E-state index contributed by atoms with van der Waals surface area (Å²) in [6.07, 6.45) is 0. The molecule has 5 nitrogen and oxygen atoms in total. The molecular weight excluding hydrogens is 297 g/mol. The second-order valence-electron chi connectivity index (χ2n) is 4.20. The van der Waals surface area contributed by atoms with E-state index in [9.17, 15) is 14.5 Å². The van der Waals surface area contributed by atoms with Gasteiger partial charge in [0.25, 0.3) is 5.69 Å². The van der Waals surface area contributed by atoms with Gasteiger partial charge in [0, 0.05) is 18.7 Å².